The van der Waals surface area contributed by atoms with Crippen LogP contribution in [0.3, 0.4) is 0 Å². The summed E-state index contributed by atoms with van der Waals surface area (Å²) in [5.74, 6) is -0.795. The van der Waals surface area contributed by atoms with Crippen molar-refractivity contribution >= 4 is 5.97 Å². The third-order valence-corrected chi connectivity index (χ3v) is 1.71. The highest BCUT2D eigenvalue weighted by Gasteiger charge is 2.44. The van der Waals surface area contributed by atoms with E-state index in [2.05, 4.69) is 16.1 Å². The van der Waals surface area contributed by atoms with E-state index in [4.69, 9.17) is 0 Å². The number of hydrogen-bond acceptors (Lipinski definition) is 3. The Labute approximate surface area is 98.6 Å². The maximum absolute atomic E-state index is 12.5. The number of halogens is 3. The quantitative estimate of drug-likeness (QED) is 0.571. The molecule has 0 saturated heterocycles. The normalized spacial score (nSPS) is 14.1. The fourth-order valence-corrected chi connectivity index (χ4v) is 0.719. The highest BCUT2D eigenvalue weighted by atomic mass is 19.4. The molecule has 0 heterocycles. The molecule has 0 spiro atoms. The summed E-state index contributed by atoms with van der Waals surface area (Å²) in [4.78, 5) is 11.4. The van der Waals surface area contributed by atoms with E-state index in [9.17, 15) is 18.0 Å². The zero-order chi connectivity index (χ0) is 13.9. The van der Waals surface area contributed by atoms with E-state index in [0.29, 0.717) is 0 Å². The van der Waals surface area contributed by atoms with Gasteiger partial charge in [0, 0.05) is 0 Å². The Morgan fingerprint density at radius 2 is 1.76 bits per heavy atom. The molecule has 0 N–H and O–H groups in total. The molecule has 0 aliphatic carbocycles. The van der Waals surface area contributed by atoms with Crippen molar-refractivity contribution in [2.24, 2.45) is 5.41 Å². The van der Waals surface area contributed by atoms with E-state index >= 15 is 0 Å². The number of hydrogen-bond donors (Lipinski definition) is 0. The molecule has 0 radical (unpaired) electrons. The lowest BCUT2D eigenvalue weighted by Crippen LogP contribution is -2.40. The van der Waals surface area contributed by atoms with Crippen LogP contribution in [0.5, 0.6) is 0 Å². The van der Waals surface area contributed by atoms with E-state index in [1.807, 2.05) is 0 Å². The number of carbonyl (C=O) groups excluding carboxylic acids is 1. The summed E-state index contributed by atoms with van der Waals surface area (Å²) in [6, 6.07) is 0. The molecular formula is C11H17F3O3. The van der Waals surface area contributed by atoms with Crippen LogP contribution in [-0.4, -0.2) is 24.9 Å². The zero-order valence-corrected chi connectivity index (χ0v) is 10.4. The van der Waals surface area contributed by atoms with Crippen LogP contribution in [-0.2, 0) is 14.3 Å². The van der Waals surface area contributed by atoms with Crippen molar-refractivity contribution in [2.45, 2.75) is 40.0 Å². The number of alkyl halides is 3. The van der Waals surface area contributed by atoms with Gasteiger partial charge in [-0.1, -0.05) is 6.58 Å². The van der Waals surface area contributed by atoms with Crippen molar-refractivity contribution in [3.63, 3.8) is 0 Å². The minimum atomic E-state index is -4.66. The second-order valence-electron chi connectivity index (χ2n) is 4.70. The Morgan fingerprint density at radius 1 is 1.29 bits per heavy atom. The van der Waals surface area contributed by atoms with Gasteiger partial charge in [-0.25, -0.2) is 0 Å². The SMILES string of the molecule is C=C(C)OCC(OC(=O)C(C)(C)C)C(F)(F)F. The van der Waals surface area contributed by atoms with Crippen molar-refractivity contribution in [3.8, 4) is 0 Å². The van der Waals surface area contributed by atoms with E-state index in [-0.39, 0.29) is 5.76 Å². The van der Waals surface area contributed by atoms with Crippen LogP contribution in [0.25, 0.3) is 0 Å². The Hall–Kier alpha value is -1.20. The van der Waals surface area contributed by atoms with E-state index in [0.717, 1.165) is 0 Å². The van der Waals surface area contributed by atoms with Gasteiger partial charge in [0.15, 0.2) is 0 Å². The molecule has 0 aliphatic rings. The first kappa shape index (κ1) is 15.8. The Bertz CT molecular complexity index is 289. The van der Waals surface area contributed by atoms with Crippen LogP contribution in [0.4, 0.5) is 13.2 Å². The van der Waals surface area contributed by atoms with Gasteiger partial charge < -0.3 is 9.47 Å². The fraction of sp³-hybridized carbons (Fsp3) is 0.727. The Morgan fingerprint density at radius 3 is 2.06 bits per heavy atom. The van der Waals surface area contributed by atoms with Crippen LogP contribution >= 0.6 is 0 Å². The van der Waals surface area contributed by atoms with Gasteiger partial charge in [0.2, 0.25) is 6.10 Å². The molecule has 17 heavy (non-hydrogen) atoms. The van der Waals surface area contributed by atoms with Crippen LogP contribution < -0.4 is 0 Å². The molecule has 0 bridgehead atoms. The Kier molecular flexibility index (Phi) is 5.04. The van der Waals surface area contributed by atoms with Gasteiger partial charge >= 0.3 is 12.1 Å². The number of ether oxygens (including phenoxy) is 2. The molecule has 6 heteroatoms. The molecule has 0 aromatic carbocycles. The summed E-state index contributed by atoms with van der Waals surface area (Å²) >= 11 is 0. The largest absolute Gasteiger partial charge is 0.495 e. The lowest BCUT2D eigenvalue weighted by atomic mass is 9.97. The monoisotopic (exact) mass is 254 g/mol. The highest BCUT2D eigenvalue weighted by molar-refractivity contribution is 5.75. The lowest BCUT2D eigenvalue weighted by molar-refractivity contribution is -0.233. The van der Waals surface area contributed by atoms with Crippen LogP contribution in [0.2, 0.25) is 0 Å². The maximum Gasteiger partial charge on any atom is 0.428 e. The number of allylic oxidation sites excluding steroid dienone is 1. The third-order valence-electron chi connectivity index (χ3n) is 1.71. The van der Waals surface area contributed by atoms with Crippen molar-refractivity contribution in [3.05, 3.63) is 12.3 Å². The average molecular weight is 254 g/mol. The lowest BCUT2D eigenvalue weighted by Gasteiger charge is -2.25. The van der Waals surface area contributed by atoms with Crippen LogP contribution in [0, 0.1) is 5.41 Å². The fourth-order valence-electron chi connectivity index (χ4n) is 0.719. The molecule has 0 saturated carbocycles. The van der Waals surface area contributed by atoms with Gasteiger partial charge in [-0.2, -0.15) is 13.2 Å². The van der Waals surface area contributed by atoms with Crippen molar-refractivity contribution in [1.82, 2.24) is 0 Å². The summed E-state index contributed by atoms with van der Waals surface area (Å²) < 4.78 is 46.6. The second-order valence-corrected chi connectivity index (χ2v) is 4.70. The third kappa shape index (κ3) is 6.19. The van der Waals surface area contributed by atoms with Gasteiger partial charge in [0.25, 0.3) is 0 Å². The van der Waals surface area contributed by atoms with Gasteiger partial charge in [0.1, 0.15) is 6.61 Å². The minimum Gasteiger partial charge on any atom is -0.495 e. The molecule has 0 aromatic heterocycles. The van der Waals surface area contributed by atoms with E-state index in [1.165, 1.54) is 27.7 Å². The molecule has 1 unspecified atom stereocenters. The standard InChI is InChI=1S/C11H17F3O3/c1-7(2)16-6-8(11(12,13)14)17-9(15)10(3,4)5/h8H,1,6H2,2-5H3. The topological polar surface area (TPSA) is 35.5 Å². The summed E-state index contributed by atoms with van der Waals surface area (Å²) in [5, 5.41) is 0. The molecular weight excluding hydrogens is 237 g/mol. The maximum atomic E-state index is 12.5. The number of carbonyl (C=O) groups is 1. The van der Waals surface area contributed by atoms with Crippen molar-refractivity contribution in [1.29, 1.82) is 0 Å². The first-order valence-corrected chi connectivity index (χ1v) is 5.00. The smallest absolute Gasteiger partial charge is 0.428 e. The summed E-state index contributed by atoms with van der Waals surface area (Å²) in [5.41, 5.74) is -0.993. The molecule has 3 nitrogen and oxygen atoms in total. The van der Waals surface area contributed by atoms with Crippen molar-refractivity contribution < 1.29 is 27.4 Å². The molecule has 0 fully saturated rings. The minimum absolute atomic E-state index is 0.131. The molecule has 0 aliphatic heterocycles. The second kappa shape index (κ2) is 5.42. The average Bonchev–Trinajstić information content (AvgIpc) is 2.07. The van der Waals surface area contributed by atoms with Gasteiger partial charge in [-0.3, -0.25) is 4.79 Å². The van der Waals surface area contributed by atoms with Gasteiger partial charge in [0.05, 0.1) is 11.2 Å². The van der Waals surface area contributed by atoms with Crippen LogP contribution in [0.1, 0.15) is 27.7 Å². The highest BCUT2D eigenvalue weighted by Crippen LogP contribution is 2.26. The molecule has 0 rings (SSSR count). The first-order valence-electron chi connectivity index (χ1n) is 5.00. The van der Waals surface area contributed by atoms with Crippen molar-refractivity contribution in [2.75, 3.05) is 6.61 Å². The molecule has 100 valence electrons. The summed E-state index contributed by atoms with van der Waals surface area (Å²) in [6.07, 6.45) is -6.93. The molecule has 0 aromatic rings. The number of rotatable bonds is 4. The number of esters is 1. The Balaban J connectivity index is 4.62. The van der Waals surface area contributed by atoms with Gasteiger partial charge in [-0.15, -0.1) is 0 Å². The molecule has 0 amide bonds. The predicted molar refractivity (Wildman–Crippen MR) is 56.2 cm³/mol. The first-order chi connectivity index (χ1) is 7.44. The predicted octanol–water partition coefficient (Wildman–Crippen LogP) is 3.06. The van der Waals surface area contributed by atoms with E-state index in [1.54, 1.807) is 0 Å². The van der Waals surface area contributed by atoms with Gasteiger partial charge in [-0.05, 0) is 27.7 Å². The van der Waals surface area contributed by atoms with E-state index < -0.39 is 30.3 Å². The summed E-state index contributed by atoms with van der Waals surface area (Å²) in [7, 11) is 0. The van der Waals surface area contributed by atoms with Crippen LogP contribution in [0.15, 0.2) is 12.3 Å². The summed E-state index contributed by atoms with van der Waals surface area (Å²) in [6.45, 7) is 8.37. The molecule has 1 atom stereocenters. The zero-order valence-electron chi connectivity index (χ0n) is 10.4.